The molecule has 2 nitrogen and oxygen atoms in total. The van der Waals surface area contributed by atoms with Crippen LogP contribution in [0.1, 0.15) is 19.8 Å². The molecule has 0 heterocycles. The second-order valence-electron chi connectivity index (χ2n) is 2.45. The molecule has 56 valence electrons. The van der Waals surface area contributed by atoms with Gasteiger partial charge in [-0.05, 0) is 24.5 Å². The quantitative estimate of drug-likeness (QED) is 0.579. The van der Waals surface area contributed by atoms with Gasteiger partial charge in [0.25, 0.3) is 0 Å². The molecule has 0 aliphatic heterocycles. The summed E-state index contributed by atoms with van der Waals surface area (Å²) >= 11 is 0. The number of rotatable bonds is 1. The predicted molar refractivity (Wildman–Crippen MR) is 39.7 cm³/mol. The molecule has 1 atom stereocenters. The fraction of sp³-hybridized carbons (Fsp3) is 0.500. The van der Waals surface area contributed by atoms with E-state index in [1.54, 1.807) is 6.08 Å². The Morgan fingerprint density at radius 3 is 2.90 bits per heavy atom. The molecule has 0 radical (unpaired) electrons. The smallest absolute Gasteiger partial charge is 0.121 e. The molecule has 1 aliphatic rings. The van der Waals surface area contributed by atoms with Gasteiger partial charge in [0, 0.05) is 0 Å². The molecule has 0 aromatic heterocycles. The zero-order valence-corrected chi connectivity index (χ0v) is 6.04. The van der Waals surface area contributed by atoms with Crippen LogP contribution in [0.4, 0.5) is 0 Å². The van der Waals surface area contributed by atoms with E-state index in [0.29, 0.717) is 6.42 Å². The number of allylic oxidation sites excluding steroid dienone is 2. The molecule has 10 heavy (non-hydrogen) atoms. The summed E-state index contributed by atoms with van der Waals surface area (Å²) < 4.78 is 0. The van der Waals surface area contributed by atoms with E-state index in [-0.39, 0.29) is 5.76 Å². The van der Waals surface area contributed by atoms with Crippen LogP contribution in [0.5, 0.6) is 0 Å². The second-order valence-corrected chi connectivity index (χ2v) is 2.45. The maximum atomic E-state index is 9.05. The zero-order chi connectivity index (χ0) is 7.56. The van der Waals surface area contributed by atoms with Crippen molar-refractivity contribution in [1.29, 1.82) is 0 Å². The van der Waals surface area contributed by atoms with Crippen molar-refractivity contribution < 1.29 is 10.2 Å². The first kappa shape index (κ1) is 7.35. The number of hydrogen-bond acceptors (Lipinski definition) is 2. The highest BCUT2D eigenvalue weighted by Gasteiger charge is 2.12. The molecule has 0 aromatic carbocycles. The summed E-state index contributed by atoms with van der Waals surface area (Å²) in [4.78, 5) is 0. The monoisotopic (exact) mass is 140 g/mol. The van der Waals surface area contributed by atoms with Crippen LogP contribution in [0.2, 0.25) is 0 Å². The summed E-state index contributed by atoms with van der Waals surface area (Å²) in [5.74, 6) is 0.0966. The number of aliphatic hydroxyl groups excluding tert-OH is 2. The van der Waals surface area contributed by atoms with E-state index in [9.17, 15) is 0 Å². The molecule has 0 saturated carbocycles. The van der Waals surface area contributed by atoms with Gasteiger partial charge in [-0.25, -0.2) is 0 Å². The minimum absolute atomic E-state index is 0.0966. The molecule has 2 heteroatoms. The first-order chi connectivity index (χ1) is 4.74. The Morgan fingerprint density at radius 2 is 2.40 bits per heavy atom. The molecule has 1 rings (SSSR count). The van der Waals surface area contributed by atoms with Gasteiger partial charge in [0.2, 0.25) is 0 Å². The topological polar surface area (TPSA) is 40.5 Å². The summed E-state index contributed by atoms with van der Waals surface area (Å²) in [5, 5.41) is 18.1. The van der Waals surface area contributed by atoms with Crippen LogP contribution in [0.25, 0.3) is 0 Å². The summed E-state index contributed by atoms with van der Waals surface area (Å²) in [7, 11) is 0. The largest absolute Gasteiger partial charge is 0.510 e. The Labute approximate surface area is 60.5 Å². The Kier molecular flexibility index (Phi) is 2.12. The van der Waals surface area contributed by atoms with Gasteiger partial charge in [-0.2, -0.15) is 0 Å². The lowest BCUT2D eigenvalue weighted by molar-refractivity contribution is 0.153. The second kappa shape index (κ2) is 2.88. The van der Waals surface area contributed by atoms with Crippen LogP contribution in [0.3, 0.4) is 0 Å². The number of hydrogen-bond donors (Lipinski definition) is 2. The fourth-order valence-corrected chi connectivity index (χ4v) is 0.975. The third-order valence-corrected chi connectivity index (χ3v) is 1.69. The molecule has 1 unspecified atom stereocenters. The van der Waals surface area contributed by atoms with Crippen molar-refractivity contribution >= 4 is 0 Å². The van der Waals surface area contributed by atoms with Gasteiger partial charge in [0.05, 0.1) is 0 Å². The average molecular weight is 140 g/mol. The van der Waals surface area contributed by atoms with Crippen LogP contribution in [0.15, 0.2) is 23.5 Å². The van der Waals surface area contributed by atoms with Gasteiger partial charge in [-0.15, -0.1) is 0 Å². The number of aliphatic hydroxyl groups is 2. The van der Waals surface area contributed by atoms with E-state index < -0.39 is 6.10 Å². The van der Waals surface area contributed by atoms with Crippen molar-refractivity contribution in [2.75, 3.05) is 0 Å². The van der Waals surface area contributed by atoms with Crippen molar-refractivity contribution in [1.82, 2.24) is 0 Å². The Balaban J connectivity index is 2.69. The van der Waals surface area contributed by atoms with E-state index >= 15 is 0 Å². The maximum Gasteiger partial charge on any atom is 0.121 e. The van der Waals surface area contributed by atoms with Crippen LogP contribution in [-0.4, -0.2) is 16.3 Å². The Bertz CT molecular complexity index is 180. The third kappa shape index (κ3) is 1.39. The van der Waals surface area contributed by atoms with Crippen LogP contribution < -0.4 is 0 Å². The molecule has 0 spiro atoms. The van der Waals surface area contributed by atoms with Crippen LogP contribution in [-0.2, 0) is 0 Å². The highest BCUT2D eigenvalue weighted by Crippen LogP contribution is 2.17. The van der Waals surface area contributed by atoms with Gasteiger partial charge in [0.1, 0.15) is 11.9 Å². The molecular formula is C8H12O2. The van der Waals surface area contributed by atoms with Gasteiger partial charge in [-0.1, -0.05) is 13.0 Å². The molecule has 0 saturated heterocycles. The summed E-state index contributed by atoms with van der Waals surface area (Å²) in [6, 6.07) is 0. The van der Waals surface area contributed by atoms with Gasteiger partial charge in [0.15, 0.2) is 0 Å². The minimum Gasteiger partial charge on any atom is -0.510 e. The Hall–Kier alpha value is -0.760. The van der Waals surface area contributed by atoms with E-state index in [2.05, 4.69) is 0 Å². The molecule has 0 amide bonds. The van der Waals surface area contributed by atoms with Crippen LogP contribution in [0, 0.1) is 0 Å². The van der Waals surface area contributed by atoms with Crippen molar-refractivity contribution in [3.05, 3.63) is 23.5 Å². The van der Waals surface area contributed by atoms with E-state index in [0.717, 1.165) is 12.0 Å². The zero-order valence-electron chi connectivity index (χ0n) is 6.04. The van der Waals surface area contributed by atoms with E-state index in [1.807, 2.05) is 13.0 Å². The fourth-order valence-electron chi connectivity index (χ4n) is 0.975. The Morgan fingerprint density at radius 1 is 1.70 bits per heavy atom. The lowest BCUT2D eigenvalue weighted by Crippen LogP contribution is -2.12. The van der Waals surface area contributed by atoms with Gasteiger partial charge < -0.3 is 10.2 Å². The van der Waals surface area contributed by atoms with Gasteiger partial charge in [-0.3, -0.25) is 0 Å². The predicted octanol–water partition coefficient (Wildman–Crippen LogP) is 1.53. The standard InChI is InChI=1S/C8H12O2/c1-2-6-3-4-7(9)8(10)5-6/h3,5,7,9-10H,2,4H2,1H3. The molecular weight excluding hydrogens is 128 g/mol. The summed E-state index contributed by atoms with van der Waals surface area (Å²) in [6.45, 7) is 2.02. The molecule has 0 bridgehead atoms. The average Bonchev–Trinajstić information content (AvgIpc) is 1.95. The van der Waals surface area contributed by atoms with E-state index in [4.69, 9.17) is 10.2 Å². The highest BCUT2D eigenvalue weighted by molar-refractivity contribution is 5.26. The van der Waals surface area contributed by atoms with Crippen molar-refractivity contribution in [3.63, 3.8) is 0 Å². The molecule has 1 aliphatic carbocycles. The maximum absolute atomic E-state index is 9.05. The van der Waals surface area contributed by atoms with Crippen molar-refractivity contribution in [2.24, 2.45) is 0 Å². The third-order valence-electron chi connectivity index (χ3n) is 1.69. The normalized spacial score (nSPS) is 25.6. The summed E-state index contributed by atoms with van der Waals surface area (Å²) in [5.41, 5.74) is 1.10. The highest BCUT2D eigenvalue weighted by atomic mass is 16.3. The summed E-state index contributed by atoms with van der Waals surface area (Å²) in [6.07, 6.45) is 4.37. The lowest BCUT2D eigenvalue weighted by atomic mass is 10.0. The lowest BCUT2D eigenvalue weighted by Gasteiger charge is -2.13. The van der Waals surface area contributed by atoms with Gasteiger partial charge >= 0.3 is 0 Å². The molecule has 0 fully saturated rings. The molecule has 0 aromatic rings. The van der Waals surface area contributed by atoms with Crippen LogP contribution >= 0.6 is 0 Å². The van der Waals surface area contributed by atoms with E-state index in [1.165, 1.54) is 0 Å². The first-order valence-electron chi connectivity index (χ1n) is 3.51. The first-order valence-corrected chi connectivity index (χ1v) is 3.51. The molecule has 2 N–H and O–H groups in total. The SMILES string of the molecule is CCC1=CCC(O)C(O)=C1. The van der Waals surface area contributed by atoms with Crippen molar-refractivity contribution in [2.45, 2.75) is 25.9 Å². The minimum atomic E-state index is -0.671. The van der Waals surface area contributed by atoms with Crippen molar-refractivity contribution in [3.8, 4) is 0 Å².